The van der Waals surface area contributed by atoms with Crippen LogP contribution in [0.2, 0.25) is 0 Å². The van der Waals surface area contributed by atoms with E-state index in [0.717, 1.165) is 55.0 Å². The van der Waals surface area contributed by atoms with Crippen LogP contribution in [0, 0.1) is 0 Å². The topological polar surface area (TPSA) is 61.4 Å². The molecule has 10 rings (SSSR count). The van der Waals surface area contributed by atoms with Crippen LogP contribution in [0.5, 0.6) is 0 Å². The van der Waals surface area contributed by atoms with Crippen LogP contribution in [-0.4, -0.2) is 29.1 Å². The molecule has 4 aromatic heterocycles. The summed E-state index contributed by atoms with van der Waals surface area (Å²) in [6, 6.07) is 54.4. The Hall–Kier alpha value is -6.66. The third-order valence-corrected chi connectivity index (χ3v) is 9.17. The fourth-order valence-corrected chi connectivity index (χ4v) is 7.04. The monoisotopic (exact) mass is 614 g/mol. The molecule has 224 valence electrons. The van der Waals surface area contributed by atoms with Crippen molar-refractivity contribution in [2.24, 2.45) is 0 Å². The average molecular weight is 615 g/mol. The molecule has 0 saturated heterocycles. The Morgan fingerprint density at radius 1 is 0.375 bits per heavy atom. The zero-order chi connectivity index (χ0) is 31.6. The third-order valence-electron chi connectivity index (χ3n) is 9.17. The molecule has 0 N–H and O–H groups in total. The summed E-state index contributed by atoms with van der Waals surface area (Å²) in [4.78, 5) is 20.4. The highest BCUT2D eigenvalue weighted by Gasteiger charge is 2.23. The van der Waals surface area contributed by atoms with E-state index in [1.54, 1.807) is 0 Å². The van der Waals surface area contributed by atoms with Gasteiger partial charge in [-0.05, 0) is 36.4 Å². The molecule has 0 aliphatic heterocycles. The average Bonchev–Trinajstić information content (AvgIpc) is 3.68. The van der Waals surface area contributed by atoms with Crippen molar-refractivity contribution in [2.75, 3.05) is 0 Å². The molecular weight excluding hydrogens is 589 g/mol. The van der Waals surface area contributed by atoms with Crippen molar-refractivity contribution in [3.63, 3.8) is 0 Å². The Morgan fingerprint density at radius 2 is 0.958 bits per heavy atom. The third kappa shape index (κ3) is 3.99. The number of para-hydroxylation sites is 4. The zero-order valence-corrected chi connectivity index (χ0v) is 25.7. The molecular formula is C42H26N6. The van der Waals surface area contributed by atoms with Crippen molar-refractivity contribution in [1.29, 1.82) is 0 Å². The van der Waals surface area contributed by atoms with Crippen LogP contribution in [0.1, 0.15) is 0 Å². The lowest BCUT2D eigenvalue weighted by molar-refractivity contribution is 0.949. The van der Waals surface area contributed by atoms with Gasteiger partial charge in [0.05, 0.1) is 27.6 Å². The molecule has 0 amide bonds. The Bertz CT molecular complexity index is 2830. The highest BCUT2D eigenvalue weighted by Crippen LogP contribution is 2.41. The number of hydrogen-bond acceptors (Lipinski definition) is 4. The molecule has 0 aliphatic carbocycles. The van der Waals surface area contributed by atoms with E-state index >= 15 is 0 Å². The first-order valence-corrected chi connectivity index (χ1v) is 16.0. The molecule has 0 fully saturated rings. The summed E-state index contributed by atoms with van der Waals surface area (Å²) in [5.74, 6) is 1.65. The van der Waals surface area contributed by atoms with Gasteiger partial charge in [0.2, 0.25) is 5.95 Å². The summed E-state index contributed by atoms with van der Waals surface area (Å²) in [6.07, 6.45) is 0. The van der Waals surface area contributed by atoms with Crippen molar-refractivity contribution in [1.82, 2.24) is 29.1 Å². The van der Waals surface area contributed by atoms with Gasteiger partial charge in [-0.2, -0.15) is 9.97 Å². The lowest BCUT2D eigenvalue weighted by atomic mass is 10.1. The van der Waals surface area contributed by atoms with Gasteiger partial charge in [0, 0.05) is 38.2 Å². The zero-order valence-electron chi connectivity index (χ0n) is 25.7. The van der Waals surface area contributed by atoms with E-state index in [1.165, 1.54) is 10.8 Å². The highest BCUT2D eigenvalue weighted by molar-refractivity contribution is 6.23. The number of rotatable bonds is 4. The second-order valence-corrected chi connectivity index (χ2v) is 11.9. The first-order chi connectivity index (χ1) is 23.8. The van der Waals surface area contributed by atoms with Crippen molar-refractivity contribution >= 4 is 54.5 Å². The molecule has 0 aliphatic rings. The first-order valence-electron chi connectivity index (χ1n) is 16.0. The molecule has 0 radical (unpaired) electrons. The van der Waals surface area contributed by atoms with E-state index in [1.807, 2.05) is 54.6 Å². The Labute approximate surface area is 275 Å². The van der Waals surface area contributed by atoms with Gasteiger partial charge in [-0.15, -0.1) is 0 Å². The minimum atomic E-state index is 0.520. The van der Waals surface area contributed by atoms with Crippen LogP contribution in [0.4, 0.5) is 0 Å². The van der Waals surface area contributed by atoms with Gasteiger partial charge < -0.3 is 4.57 Å². The van der Waals surface area contributed by atoms with Gasteiger partial charge in [0.15, 0.2) is 11.6 Å². The fraction of sp³-hybridized carbons (Fsp3) is 0. The summed E-state index contributed by atoms with van der Waals surface area (Å²) in [5.41, 5.74) is 7.89. The van der Waals surface area contributed by atoms with Crippen LogP contribution in [0.15, 0.2) is 158 Å². The highest BCUT2D eigenvalue weighted by atomic mass is 15.2. The van der Waals surface area contributed by atoms with Gasteiger partial charge in [-0.1, -0.05) is 121 Å². The van der Waals surface area contributed by atoms with Gasteiger partial charge in [-0.25, -0.2) is 9.97 Å². The molecule has 0 unspecified atom stereocenters. The van der Waals surface area contributed by atoms with Crippen LogP contribution in [-0.2, 0) is 0 Å². The molecule has 48 heavy (non-hydrogen) atoms. The lowest BCUT2D eigenvalue weighted by Gasteiger charge is -2.13. The summed E-state index contributed by atoms with van der Waals surface area (Å²) in [7, 11) is 0. The summed E-state index contributed by atoms with van der Waals surface area (Å²) >= 11 is 0. The number of benzene rings is 6. The number of nitrogens with zero attached hydrogens (tertiary/aromatic N) is 6. The summed E-state index contributed by atoms with van der Waals surface area (Å²) in [5, 5.41) is 5.69. The van der Waals surface area contributed by atoms with E-state index in [4.69, 9.17) is 19.9 Å². The first kappa shape index (κ1) is 26.5. The molecule has 0 saturated carbocycles. The Balaban J connectivity index is 1.36. The van der Waals surface area contributed by atoms with E-state index in [0.29, 0.717) is 23.3 Å². The maximum absolute atomic E-state index is 5.21. The van der Waals surface area contributed by atoms with Gasteiger partial charge in [-0.3, -0.25) is 4.57 Å². The maximum Gasteiger partial charge on any atom is 0.238 e. The molecule has 0 bridgehead atoms. The molecule has 4 heterocycles. The molecule has 6 nitrogen and oxygen atoms in total. The van der Waals surface area contributed by atoms with Crippen LogP contribution in [0.25, 0.3) is 89.1 Å². The summed E-state index contributed by atoms with van der Waals surface area (Å²) in [6.45, 7) is 0. The minimum Gasteiger partial charge on any atom is -0.307 e. The quantitative estimate of drug-likeness (QED) is 0.198. The van der Waals surface area contributed by atoms with E-state index < -0.39 is 0 Å². The molecule has 6 heteroatoms. The fourth-order valence-electron chi connectivity index (χ4n) is 7.04. The number of pyridine rings is 1. The largest absolute Gasteiger partial charge is 0.307 e. The smallest absolute Gasteiger partial charge is 0.238 e. The van der Waals surface area contributed by atoms with Crippen LogP contribution >= 0.6 is 0 Å². The van der Waals surface area contributed by atoms with Crippen molar-refractivity contribution < 1.29 is 0 Å². The maximum atomic E-state index is 5.21. The predicted octanol–water partition coefficient (Wildman–Crippen LogP) is 9.95. The minimum absolute atomic E-state index is 0.520. The van der Waals surface area contributed by atoms with Crippen molar-refractivity contribution in [2.45, 2.75) is 0 Å². The molecule has 10 aromatic rings. The van der Waals surface area contributed by atoms with Gasteiger partial charge >= 0.3 is 0 Å². The standard InChI is InChI=1S/C42H26N6/c1-3-14-28(15-4-1)40-44-41(35-26-23-27-13-7-10-20-34(27)43-35)46-42(45-40)48-37-22-12-9-19-31(37)33-25-24-32-30-18-8-11-21-36(30)47(38(32)39(33)48)29-16-5-2-6-17-29/h1-26H. The second-order valence-electron chi connectivity index (χ2n) is 11.9. The van der Waals surface area contributed by atoms with Crippen molar-refractivity contribution in [3.8, 4) is 34.5 Å². The lowest BCUT2D eigenvalue weighted by Crippen LogP contribution is -2.07. The van der Waals surface area contributed by atoms with Crippen LogP contribution in [0.3, 0.4) is 0 Å². The molecule has 0 atom stereocenters. The van der Waals surface area contributed by atoms with Crippen molar-refractivity contribution in [3.05, 3.63) is 158 Å². The van der Waals surface area contributed by atoms with Gasteiger partial charge in [0.25, 0.3) is 0 Å². The number of fused-ring (bicyclic) bond motifs is 8. The molecule has 6 aromatic carbocycles. The Morgan fingerprint density at radius 3 is 1.71 bits per heavy atom. The second kappa shape index (κ2) is 10.4. The van der Waals surface area contributed by atoms with E-state index in [2.05, 4.69) is 112 Å². The number of hydrogen-bond donors (Lipinski definition) is 0. The van der Waals surface area contributed by atoms with E-state index in [-0.39, 0.29) is 0 Å². The van der Waals surface area contributed by atoms with Crippen LogP contribution < -0.4 is 0 Å². The summed E-state index contributed by atoms with van der Waals surface area (Å²) < 4.78 is 4.58. The molecule has 0 spiro atoms. The number of aromatic nitrogens is 6. The van der Waals surface area contributed by atoms with Gasteiger partial charge in [0.1, 0.15) is 5.69 Å². The Kier molecular flexibility index (Phi) is 5.77. The predicted molar refractivity (Wildman–Crippen MR) is 195 cm³/mol. The normalized spacial score (nSPS) is 11.8. The van der Waals surface area contributed by atoms with E-state index in [9.17, 15) is 0 Å². The SMILES string of the molecule is c1ccc(-c2nc(-c3ccc4ccccc4n3)nc(-n3c4ccccc4c4ccc5c6ccccc6n(-c6ccccc6)c5c43)n2)cc1.